The van der Waals surface area contributed by atoms with Crippen LogP contribution in [0, 0.1) is 0 Å². The van der Waals surface area contributed by atoms with Crippen molar-refractivity contribution in [1.29, 1.82) is 0 Å². The van der Waals surface area contributed by atoms with Gasteiger partial charge in [-0.2, -0.15) is 0 Å². The predicted molar refractivity (Wildman–Crippen MR) is 207 cm³/mol. The Labute approximate surface area is 281 Å². The Morgan fingerprint density at radius 3 is 1.58 bits per heavy atom. The van der Waals surface area contributed by atoms with Crippen molar-refractivity contribution in [2.75, 3.05) is 4.90 Å². The average molecular weight is 615 g/mol. The Hall–Kier alpha value is -6.38. The minimum Gasteiger partial charge on any atom is -0.310 e. The minimum absolute atomic E-state index is 1.05. The van der Waals surface area contributed by atoms with Gasteiger partial charge in [0.2, 0.25) is 0 Å². The lowest BCUT2D eigenvalue weighted by Gasteiger charge is -2.26. The molecule has 1 heterocycles. The molecule has 0 saturated carbocycles. The summed E-state index contributed by atoms with van der Waals surface area (Å²) >= 11 is 0. The van der Waals surface area contributed by atoms with Gasteiger partial charge in [-0.1, -0.05) is 128 Å². The molecule has 7 aromatic carbocycles. The molecule has 0 bridgehead atoms. The van der Waals surface area contributed by atoms with E-state index in [2.05, 4.69) is 192 Å². The number of nitrogens with zero attached hydrogens (tertiary/aromatic N) is 2. The van der Waals surface area contributed by atoms with Gasteiger partial charge in [-0.25, -0.2) is 0 Å². The summed E-state index contributed by atoms with van der Waals surface area (Å²) in [6.45, 7) is 8.06. The van der Waals surface area contributed by atoms with Crippen LogP contribution in [0.3, 0.4) is 0 Å². The zero-order valence-corrected chi connectivity index (χ0v) is 26.6. The fourth-order valence-electron chi connectivity index (χ4n) is 6.76. The van der Waals surface area contributed by atoms with Gasteiger partial charge in [0.15, 0.2) is 0 Å². The first-order valence-electron chi connectivity index (χ1n) is 16.3. The molecule has 0 unspecified atom stereocenters. The predicted octanol–water partition coefficient (Wildman–Crippen LogP) is 12.9. The fraction of sp³-hybridized carbons (Fsp3) is 0. The van der Waals surface area contributed by atoms with Crippen molar-refractivity contribution >= 4 is 51.0 Å². The number of para-hydroxylation sites is 2. The van der Waals surface area contributed by atoms with Crippen LogP contribution in [-0.2, 0) is 0 Å². The third-order valence-corrected chi connectivity index (χ3v) is 9.15. The minimum atomic E-state index is 1.05. The van der Waals surface area contributed by atoms with Crippen LogP contribution in [0.4, 0.5) is 17.1 Å². The molecule has 0 amide bonds. The van der Waals surface area contributed by atoms with Gasteiger partial charge in [-0.15, -0.1) is 0 Å². The average Bonchev–Trinajstić information content (AvgIpc) is 3.50. The second kappa shape index (κ2) is 12.4. The van der Waals surface area contributed by atoms with E-state index in [0.717, 1.165) is 28.2 Å². The maximum Gasteiger partial charge on any atom is 0.0541 e. The van der Waals surface area contributed by atoms with E-state index >= 15 is 0 Å². The van der Waals surface area contributed by atoms with Crippen molar-refractivity contribution in [2.24, 2.45) is 0 Å². The second-order valence-corrected chi connectivity index (χ2v) is 11.9. The van der Waals surface area contributed by atoms with Crippen LogP contribution in [0.15, 0.2) is 183 Å². The van der Waals surface area contributed by atoms with E-state index in [1.54, 1.807) is 0 Å². The van der Waals surface area contributed by atoms with E-state index in [0.29, 0.717) is 0 Å². The Morgan fingerprint density at radius 2 is 0.917 bits per heavy atom. The Kier molecular flexibility index (Phi) is 7.52. The summed E-state index contributed by atoms with van der Waals surface area (Å²) in [5, 5.41) is 2.50. The van der Waals surface area contributed by atoms with E-state index in [4.69, 9.17) is 0 Å². The molecule has 2 nitrogen and oxygen atoms in total. The Bertz CT molecular complexity index is 2400. The summed E-state index contributed by atoms with van der Waals surface area (Å²) in [5.41, 5.74) is 13.7. The van der Waals surface area contributed by atoms with Crippen LogP contribution >= 0.6 is 0 Å². The van der Waals surface area contributed by atoms with Crippen molar-refractivity contribution < 1.29 is 0 Å². The number of rotatable bonds is 8. The first kappa shape index (κ1) is 29.1. The molecule has 8 rings (SSSR count). The van der Waals surface area contributed by atoms with Crippen molar-refractivity contribution in [2.45, 2.75) is 0 Å². The monoisotopic (exact) mass is 614 g/mol. The number of anilines is 3. The molecule has 0 fully saturated rings. The van der Waals surface area contributed by atoms with Gasteiger partial charge in [0, 0.05) is 33.5 Å². The van der Waals surface area contributed by atoms with Gasteiger partial charge in [0.05, 0.1) is 11.0 Å². The van der Waals surface area contributed by atoms with Crippen molar-refractivity contribution in [3.63, 3.8) is 0 Å². The highest BCUT2D eigenvalue weighted by Crippen LogP contribution is 2.39. The maximum atomic E-state index is 4.07. The lowest BCUT2D eigenvalue weighted by atomic mass is 10.0. The van der Waals surface area contributed by atoms with E-state index in [9.17, 15) is 0 Å². The quantitative estimate of drug-likeness (QED) is 0.165. The van der Waals surface area contributed by atoms with E-state index < -0.39 is 0 Å². The summed E-state index contributed by atoms with van der Waals surface area (Å²) in [5.74, 6) is 0. The normalized spacial score (nSPS) is 11.1. The number of fused-ring (bicyclic) bond motifs is 3. The molecule has 0 aliphatic carbocycles. The van der Waals surface area contributed by atoms with E-state index in [1.807, 2.05) is 12.2 Å². The molecule has 0 spiro atoms. The van der Waals surface area contributed by atoms with Gasteiger partial charge in [-0.05, 0) is 100 Å². The molecular formula is C46H34N2. The lowest BCUT2D eigenvalue weighted by Crippen LogP contribution is -2.10. The first-order valence-corrected chi connectivity index (χ1v) is 16.3. The Morgan fingerprint density at radius 1 is 0.396 bits per heavy atom. The molecule has 0 N–H and O–H groups in total. The van der Waals surface area contributed by atoms with Crippen molar-refractivity contribution in [3.8, 4) is 27.9 Å². The van der Waals surface area contributed by atoms with Crippen molar-refractivity contribution in [3.05, 3.63) is 194 Å². The zero-order valence-electron chi connectivity index (χ0n) is 26.6. The fourth-order valence-corrected chi connectivity index (χ4v) is 6.76. The van der Waals surface area contributed by atoms with Gasteiger partial charge >= 0.3 is 0 Å². The maximum absolute atomic E-state index is 4.07. The SMILES string of the molecule is C=Cc1ccc(N(c2ccc(-c3ccccc3)cc2)c2ccc(-c3ccc4c(c3)c3ccccc3n4-c3ccccc3)cc2)cc1C=C. The molecule has 0 saturated heterocycles. The molecule has 0 radical (unpaired) electrons. The molecule has 0 atom stereocenters. The standard InChI is InChI=1S/C46H34N2/c1-3-33-19-29-42(31-34(33)4-2)47(40-25-20-36(21-26-40)35-13-7-5-8-14-35)41-27-22-37(23-28-41)38-24-30-46-44(32-38)43-17-11-12-18-45(43)48(46)39-15-9-6-10-16-39/h3-32H,1-2H2. The van der Waals surface area contributed by atoms with Gasteiger partial charge in [0.25, 0.3) is 0 Å². The summed E-state index contributed by atoms with van der Waals surface area (Å²) in [6, 6.07) is 60.7. The highest BCUT2D eigenvalue weighted by molar-refractivity contribution is 6.10. The summed E-state index contributed by atoms with van der Waals surface area (Å²) in [6.07, 6.45) is 3.77. The highest BCUT2D eigenvalue weighted by atomic mass is 15.1. The lowest BCUT2D eigenvalue weighted by molar-refractivity contribution is 1.18. The smallest absolute Gasteiger partial charge is 0.0541 e. The largest absolute Gasteiger partial charge is 0.310 e. The van der Waals surface area contributed by atoms with Crippen LogP contribution < -0.4 is 4.90 Å². The third-order valence-electron chi connectivity index (χ3n) is 9.15. The van der Waals surface area contributed by atoms with Crippen LogP contribution in [0.2, 0.25) is 0 Å². The molecule has 48 heavy (non-hydrogen) atoms. The zero-order chi connectivity index (χ0) is 32.5. The number of aromatic nitrogens is 1. The van der Waals surface area contributed by atoms with E-state index in [-0.39, 0.29) is 0 Å². The van der Waals surface area contributed by atoms with Crippen LogP contribution in [0.1, 0.15) is 11.1 Å². The third kappa shape index (κ3) is 5.20. The van der Waals surface area contributed by atoms with E-state index in [1.165, 1.54) is 49.7 Å². The topological polar surface area (TPSA) is 8.17 Å². The second-order valence-electron chi connectivity index (χ2n) is 11.9. The van der Waals surface area contributed by atoms with Gasteiger partial charge in [-0.3, -0.25) is 0 Å². The summed E-state index contributed by atoms with van der Waals surface area (Å²) < 4.78 is 2.35. The van der Waals surface area contributed by atoms with Crippen LogP contribution in [-0.4, -0.2) is 4.57 Å². The first-order chi connectivity index (χ1) is 23.7. The van der Waals surface area contributed by atoms with Crippen LogP contribution in [0.5, 0.6) is 0 Å². The van der Waals surface area contributed by atoms with Crippen LogP contribution in [0.25, 0.3) is 61.9 Å². The van der Waals surface area contributed by atoms with Crippen molar-refractivity contribution in [1.82, 2.24) is 4.57 Å². The molecule has 8 aromatic rings. The highest BCUT2D eigenvalue weighted by Gasteiger charge is 2.16. The number of hydrogen-bond donors (Lipinski definition) is 0. The number of benzene rings is 7. The molecule has 228 valence electrons. The summed E-state index contributed by atoms with van der Waals surface area (Å²) in [7, 11) is 0. The molecule has 2 heteroatoms. The Balaban J connectivity index is 1.20. The molecule has 0 aliphatic rings. The molecular weight excluding hydrogens is 581 g/mol. The van der Waals surface area contributed by atoms with Gasteiger partial charge < -0.3 is 9.47 Å². The molecule has 1 aromatic heterocycles. The summed E-state index contributed by atoms with van der Waals surface area (Å²) in [4.78, 5) is 2.30. The van der Waals surface area contributed by atoms with Gasteiger partial charge in [0.1, 0.15) is 0 Å². The number of hydrogen-bond acceptors (Lipinski definition) is 1. The molecule has 0 aliphatic heterocycles.